The van der Waals surface area contributed by atoms with Crippen molar-refractivity contribution in [1.29, 1.82) is 0 Å². The first kappa shape index (κ1) is 21.5. The summed E-state index contributed by atoms with van der Waals surface area (Å²) in [6.07, 6.45) is 4.44. The summed E-state index contributed by atoms with van der Waals surface area (Å²) >= 11 is 0. The third-order valence-electron chi connectivity index (χ3n) is 5.35. The molecule has 1 N–H and O–H groups in total. The van der Waals surface area contributed by atoms with E-state index in [4.69, 9.17) is 4.74 Å². The fourth-order valence-electron chi connectivity index (χ4n) is 3.96. The second-order valence-corrected chi connectivity index (χ2v) is 7.90. The van der Waals surface area contributed by atoms with Crippen molar-refractivity contribution in [2.24, 2.45) is 0 Å². The highest BCUT2D eigenvalue weighted by atomic mass is 19.1. The molecule has 0 aliphatic heterocycles. The Morgan fingerprint density at radius 2 is 2.03 bits per heavy atom. The van der Waals surface area contributed by atoms with E-state index < -0.39 is 5.82 Å². The molecule has 32 heavy (non-hydrogen) atoms. The lowest BCUT2D eigenvalue weighted by Gasteiger charge is -2.15. The lowest BCUT2D eigenvalue weighted by molar-refractivity contribution is 0.0951. The lowest BCUT2D eigenvalue weighted by atomic mass is 10.0. The van der Waals surface area contributed by atoms with Crippen molar-refractivity contribution in [3.8, 4) is 5.75 Å². The molecule has 0 saturated heterocycles. The molecule has 164 valence electrons. The molecule has 1 aromatic carbocycles. The van der Waals surface area contributed by atoms with Gasteiger partial charge in [0.25, 0.3) is 5.91 Å². The van der Waals surface area contributed by atoms with Crippen molar-refractivity contribution >= 4 is 16.8 Å². The standard InChI is InChI=1S/C25H25FN4O2/c1-16(2)24-23(25(31)29-13-17-10-18(26)14-27-12-17)21-8-7-20(32-3)11-22(21)30(24)15-19-6-4-5-9-28-19/h4-12,14,16H,13,15H2,1-3H3,(H,29,31). The zero-order valence-electron chi connectivity index (χ0n) is 18.3. The minimum Gasteiger partial charge on any atom is -0.497 e. The molecule has 7 heteroatoms. The normalized spacial score (nSPS) is 11.2. The fourth-order valence-corrected chi connectivity index (χ4v) is 3.96. The smallest absolute Gasteiger partial charge is 0.254 e. The number of fused-ring (bicyclic) bond motifs is 1. The first-order chi connectivity index (χ1) is 15.5. The molecule has 0 aliphatic carbocycles. The third kappa shape index (κ3) is 4.32. The molecular formula is C25H25FN4O2. The maximum Gasteiger partial charge on any atom is 0.254 e. The number of methoxy groups -OCH3 is 1. The Kier molecular flexibility index (Phi) is 6.16. The van der Waals surface area contributed by atoms with Crippen molar-refractivity contribution in [2.75, 3.05) is 7.11 Å². The van der Waals surface area contributed by atoms with Crippen LogP contribution in [0, 0.1) is 5.82 Å². The molecule has 0 spiro atoms. The van der Waals surface area contributed by atoms with E-state index in [2.05, 4.69) is 33.7 Å². The number of benzene rings is 1. The summed E-state index contributed by atoms with van der Waals surface area (Å²) in [5, 5.41) is 3.76. The average Bonchev–Trinajstić information content (AvgIpc) is 3.12. The highest BCUT2D eigenvalue weighted by molar-refractivity contribution is 6.09. The molecule has 0 saturated carbocycles. The number of halogens is 1. The van der Waals surface area contributed by atoms with Gasteiger partial charge in [-0.2, -0.15) is 0 Å². The summed E-state index contributed by atoms with van der Waals surface area (Å²) < 4.78 is 21.0. The molecule has 3 aromatic heterocycles. The van der Waals surface area contributed by atoms with Crippen molar-refractivity contribution < 1.29 is 13.9 Å². The second kappa shape index (κ2) is 9.18. The van der Waals surface area contributed by atoms with Gasteiger partial charge in [0.2, 0.25) is 0 Å². The van der Waals surface area contributed by atoms with E-state index in [9.17, 15) is 9.18 Å². The van der Waals surface area contributed by atoms with Crippen LogP contribution in [0.5, 0.6) is 5.75 Å². The van der Waals surface area contributed by atoms with E-state index in [0.717, 1.165) is 28.5 Å². The van der Waals surface area contributed by atoms with Crippen molar-refractivity contribution in [3.63, 3.8) is 0 Å². The number of hydrogen-bond acceptors (Lipinski definition) is 4. The maximum absolute atomic E-state index is 13.5. The van der Waals surface area contributed by atoms with E-state index in [0.29, 0.717) is 23.4 Å². The SMILES string of the molecule is COc1ccc2c(C(=O)NCc3cncc(F)c3)c(C(C)C)n(Cc3ccccn3)c2c1. The molecule has 4 aromatic rings. The molecule has 0 aliphatic rings. The van der Waals surface area contributed by atoms with Gasteiger partial charge >= 0.3 is 0 Å². The maximum atomic E-state index is 13.5. The quantitative estimate of drug-likeness (QED) is 0.460. The minimum absolute atomic E-state index is 0.0775. The van der Waals surface area contributed by atoms with Crippen LogP contribution in [0.2, 0.25) is 0 Å². The van der Waals surface area contributed by atoms with E-state index in [1.165, 1.54) is 6.07 Å². The zero-order valence-corrected chi connectivity index (χ0v) is 18.3. The van der Waals surface area contributed by atoms with Crippen LogP contribution < -0.4 is 10.1 Å². The molecule has 3 heterocycles. The fraction of sp³-hybridized carbons (Fsp3) is 0.240. The Labute approximate surface area is 186 Å². The van der Waals surface area contributed by atoms with E-state index in [-0.39, 0.29) is 18.4 Å². The Morgan fingerprint density at radius 3 is 2.72 bits per heavy atom. The van der Waals surface area contributed by atoms with Crippen LogP contribution in [0.1, 0.15) is 47.1 Å². The van der Waals surface area contributed by atoms with Gasteiger partial charge in [0.15, 0.2) is 0 Å². The summed E-state index contributed by atoms with van der Waals surface area (Å²) in [5.74, 6) is 0.144. The highest BCUT2D eigenvalue weighted by Gasteiger charge is 2.25. The van der Waals surface area contributed by atoms with Crippen LogP contribution in [0.3, 0.4) is 0 Å². The number of ether oxygens (including phenoxy) is 1. The summed E-state index contributed by atoms with van der Waals surface area (Å²) in [4.78, 5) is 21.7. The molecule has 0 fully saturated rings. The monoisotopic (exact) mass is 432 g/mol. The number of carbonyl (C=O) groups excluding carboxylic acids is 1. The number of carbonyl (C=O) groups is 1. The predicted molar refractivity (Wildman–Crippen MR) is 121 cm³/mol. The molecule has 0 atom stereocenters. The minimum atomic E-state index is -0.432. The van der Waals surface area contributed by atoms with Gasteiger partial charge in [-0.15, -0.1) is 0 Å². The number of rotatable bonds is 7. The highest BCUT2D eigenvalue weighted by Crippen LogP contribution is 2.34. The first-order valence-corrected chi connectivity index (χ1v) is 10.5. The number of amides is 1. The van der Waals surface area contributed by atoms with Crippen LogP contribution in [0.15, 0.2) is 61.1 Å². The van der Waals surface area contributed by atoms with Crippen LogP contribution in [-0.2, 0) is 13.1 Å². The van der Waals surface area contributed by atoms with Gasteiger partial charge < -0.3 is 14.6 Å². The van der Waals surface area contributed by atoms with Crippen molar-refractivity contribution in [3.05, 3.63) is 89.4 Å². The summed E-state index contributed by atoms with van der Waals surface area (Å²) in [6.45, 7) is 4.84. The Morgan fingerprint density at radius 1 is 1.19 bits per heavy atom. The second-order valence-electron chi connectivity index (χ2n) is 7.90. The van der Waals surface area contributed by atoms with Crippen LogP contribution in [0.4, 0.5) is 4.39 Å². The molecule has 1 amide bonds. The zero-order chi connectivity index (χ0) is 22.7. The Bertz CT molecular complexity index is 1250. The predicted octanol–water partition coefficient (Wildman–Crippen LogP) is 4.68. The molecule has 0 unspecified atom stereocenters. The van der Waals surface area contributed by atoms with Crippen molar-refractivity contribution in [1.82, 2.24) is 19.9 Å². The molecular weight excluding hydrogens is 407 g/mol. The van der Waals surface area contributed by atoms with Gasteiger partial charge in [0.1, 0.15) is 11.6 Å². The van der Waals surface area contributed by atoms with E-state index in [1.54, 1.807) is 19.5 Å². The molecule has 0 bridgehead atoms. The number of aromatic nitrogens is 3. The van der Waals surface area contributed by atoms with Gasteiger partial charge in [0, 0.05) is 36.1 Å². The lowest BCUT2D eigenvalue weighted by Crippen LogP contribution is -2.24. The van der Waals surface area contributed by atoms with Crippen LogP contribution >= 0.6 is 0 Å². The Balaban J connectivity index is 1.80. The summed E-state index contributed by atoms with van der Waals surface area (Å²) in [5.41, 5.74) is 3.92. The molecule has 0 radical (unpaired) electrons. The topological polar surface area (TPSA) is 69.0 Å². The number of nitrogens with zero attached hydrogens (tertiary/aromatic N) is 3. The van der Waals surface area contributed by atoms with Gasteiger partial charge in [-0.25, -0.2) is 4.39 Å². The first-order valence-electron chi connectivity index (χ1n) is 10.5. The molecule has 6 nitrogen and oxygen atoms in total. The van der Waals surface area contributed by atoms with E-state index >= 15 is 0 Å². The van der Waals surface area contributed by atoms with E-state index in [1.807, 2.05) is 36.4 Å². The van der Waals surface area contributed by atoms with Crippen LogP contribution in [0.25, 0.3) is 10.9 Å². The number of nitrogens with one attached hydrogen (secondary N) is 1. The molecule has 4 rings (SSSR count). The number of hydrogen-bond donors (Lipinski definition) is 1. The van der Waals surface area contributed by atoms with Gasteiger partial charge in [-0.3, -0.25) is 14.8 Å². The van der Waals surface area contributed by atoms with Gasteiger partial charge in [-0.05, 0) is 41.8 Å². The summed E-state index contributed by atoms with van der Waals surface area (Å²) in [7, 11) is 1.62. The Hall–Kier alpha value is -3.74. The number of pyridine rings is 2. The largest absolute Gasteiger partial charge is 0.497 e. The van der Waals surface area contributed by atoms with Crippen molar-refractivity contribution in [2.45, 2.75) is 32.9 Å². The summed E-state index contributed by atoms with van der Waals surface area (Å²) in [6, 6.07) is 12.9. The third-order valence-corrected chi connectivity index (χ3v) is 5.35. The van der Waals surface area contributed by atoms with Crippen LogP contribution in [-0.4, -0.2) is 27.6 Å². The van der Waals surface area contributed by atoms with Gasteiger partial charge in [-0.1, -0.05) is 19.9 Å². The average molecular weight is 432 g/mol. The van der Waals surface area contributed by atoms with Gasteiger partial charge in [0.05, 0.1) is 36.6 Å².